The molecule has 0 aliphatic carbocycles. The molecule has 0 radical (unpaired) electrons. The number of halogens is 1. The second-order valence-electron chi connectivity index (χ2n) is 6.27. The zero-order chi connectivity index (χ0) is 19.7. The number of nitrogens with zero attached hydrogens (tertiary/aromatic N) is 4. The van der Waals surface area contributed by atoms with Crippen LogP contribution in [0.1, 0.15) is 0 Å². The minimum absolute atomic E-state index is 0.0942. The number of rotatable bonds is 4. The van der Waals surface area contributed by atoms with Crippen molar-refractivity contribution < 1.29 is 4.79 Å². The van der Waals surface area contributed by atoms with Gasteiger partial charge < -0.3 is 21.3 Å². The van der Waals surface area contributed by atoms with E-state index in [0.717, 1.165) is 42.0 Å². The molecule has 1 aliphatic heterocycles. The van der Waals surface area contributed by atoms with E-state index in [1.165, 1.54) is 17.4 Å². The number of fused-ring (bicyclic) bond motifs is 1. The first-order chi connectivity index (χ1) is 13.5. The number of aromatic nitrogens is 3. The summed E-state index contributed by atoms with van der Waals surface area (Å²) in [5.41, 5.74) is 6.51. The zero-order valence-corrected chi connectivity index (χ0v) is 17.2. The number of carbonyl (C=O) groups excluding carboxylic acids is 1. The van der Waals surface area contributed by atoms with Crippen LogP contribution in [-0.2, 0) is 4.79 Å². The largest absolute Gasteiger partial charge is 0.354 e. The van der Waals surface area contributed by atoms with E-state index in [4.69, 9.17) is 10.8 Å². The molecule has 146 valence electrons. The van der Waals surface area contributed by atoms with Crippen molar-refractivity contribution in [3.8, 4) is 10.6 Å². The van der Waals surface area contributed by atoms with Crippen LogP contribution in [0.2, 0.25) is 0 Å². The molecule has 9 nitrogen and oxygen atoms in total. The lowest BCUT2D eigenvalue weighted by Gasteiger charge is -2.28. The van der Waals surface area contributed by atoms with Gasteiger partial charge in [0, 0.05) is 48.0 Å². The van der Waals surface area contributed by atoms with Crippen LogP contribution in [0, 0.1) is 0 Å². The molecule has 2 aromatic heterocycles. The molecule has 0 unspecified atom stereocenters. The Hall–Kier alpha value is -2.34. The molecule has 1 aliphatic rings. The van der Waals surface area contributed by atoms with E-state index < -0.39 is 0 Å². The lowest BCUT2D eigenvalue weighted by molar-refractivity contribution is -0.114. The highest BCUT2D eigenvalue weighted by Crippen LogP contribution is 2.31. The molecule has 3 heterocycles. The van der Waals surface area contributed by atoms with Crippen molar-refractivity contribution in [3.63, 3.8) is 0 Å². The van der Waals surface area contributed by atoms with Crippen LogP contribution in [0.25, 0.3) is 15.5 Å². The van der Waals surface area contributed by atoms with Crippen LogP contribution in [-0.4, -0.2) is 53.2 Å². The van der Waals surface area contributed by atoms with Crippen molar-refractivity contribution in [2.45, 2.75) is 0 Å². The number of carbonyl (C=O) groups is 1. The Morgan fingerprint density at radius 3 is 2.82 bits per heavy atom. The fourth-order valence-corrected chi connectivity index (χ4v) is 4.42. The molecular formula is C17H18BrN7O2S. The molecule has 0 atom stereocenters. The maximum absolute atomic E-state index is 12.1. The zero-order valence-electron chi connectivity index (χ0n) is 14.8. The summed E-state index contributed by atoms with van der Waals surface area (Å²) in [4.78, 5) is 30.5. The Balaban J connectivity index is 1.78. The van der Waals surface area contributed by atoms with Crippen molar-refractivity contribution in [1.29, 1.82) is 0 Å². The Morgan fingerprint density at radius 1 is 1.29 bits per heavy atom. The van der Waals surface area contributed by atoms with Crippen molar-refractivity contribution in [2.75, 3.05) is 42.9 Å². The molecule has 11 heteroatoms. The molecule has 4 N–H and O–H groups in total. The predicted molar refractivity (Wildman–Crippen MR) is 113 cm³/mol. The van der Waals surface area contributed by atoms with Gasteiger partial charge in [-0.3, -0.25) is 9.59 Å². The molecule has 0 saturated carbocycles. The van der Waals surface area contributed by atoms with Crippen LogP contribution in [0.15, 0.2) is 33.5 Å². The second kappa shape index (κ2) is 7.95. The highest BCUT2D eigenvalue weighted by molar-refractivity contribution is 9.10. The van der Waals surface area contributed by atoms with Gasteiger partial charge in [0.1, 0.15) is 10.8 Å². The summed E-state index contributed by atoms with van der Waals surface area (Å²) in [6.07, 6.45) is 0. The summed E-state index contributed by atoms with van der Waals surface area (Å²) in [6, 6.07) is 7.03. The SMILES string of the molecule is NCC(=O)Nc1cc(Br)cc(-c2nn3c(N4CCNCC4)cc(=O)nc3s2)c1. The Morgan fingerprint density at radius 2 is 2.07 bits per heavy atom. The molecule has 28 heavy (non-hydrogen) atoms. The van der Waals surface area contributed by atoms with Gasteiger partial charge in [-0.2, -0.15) is 14.6 Å². The highest BCUT2D eigenvalue weighted by atomic mass is 79.9. The van der Waals surface area contributed by atoms with Crippen LogP contribution in [0.5, 0.6) is 0 Å². The molecule has 0 bridgehead atoms. The van der Waals surface area contributed by atoms with E-state index in [1.807, 2.05) is 12.1 Å². The fraction of sp³-hybridized carbons (Fsp3) is 0.294. The van der Waals surface area contributed by atoms with E-state index >= 15 is 0 Å². The maximum Gasteiger partial charge on any atom is 0.276 e. The Kier molecular flexibility index (Phi) is 5.40. The smallest absolute Gasteiger partial charge is 0.276 e. The van der Waals surface area contributed by atoms with Gasteiger partial charge in [0.25, 0.3) is 5.56 Å². The van der Waals surface area contributed by atoms with E-state index in [2.05, 4.69) is 36.4 Å². The third kappa shape index (κ3) is 3.92. The number of hydrogen-bond donors (Lipinski definition) is 3. The van der Waals surface area contributed by atoms with Gasteiger partial charge in [-0.15, -0.1) is 0 Å². The van der Waals surface area contributed by atoms with Gasteiger partial charge in [-0.25, -0.2) is 0 Å². The van der Waals surface area contributed by atoms with Crippen molar-refractivity contribution >= 4 is 49.6 Å². The van der Waals surface area contributed by atoms with E-state index in [1.54, 1.807) is 10.6 Å². The van der Waals surface area contributed by atoms with E-state index in [0.29, 0.717) is 15.7 Å². The minimum Gasteiger partial charge on any atom is -0.354 e. The Bertz CT molecular complexity index is 1090. The number of amides is 1. The summed E-state index contributed by atoms with van der Waals surface area (Å²) >= 11 is 4.79. The second-order valence-corrected chi connectivity index (χ2v) is 8.14. The summed E-state index contributed by atoms with van der Waals surface area (Å²) in [7, 11) is 0. The number of piperazine rings is 1. The molecule has 1 amide bonds. The van der Waals surface area contributed by atoms with Gasteiger partial charge in [0.2, 0.25) is 10.9 Å². The first-order valence-electron chi connectivity index (χ1n) is 8.71. The molecule has 0 spiro atoms. The topological polar surface area (TPSA) is 118 Å². The van der Waals surface area contributed by atoms with Crippen LogP contribution in [0.4, 0.5) is 11.5 Å². The number of nitrogens with one attached hydrogen (secondary N) is 2. The number of anilines is 2. The number of hydrogen-bond acceptors (Lipinski definition) is 8. The first kappa shape index (κ1) is 19.0. The molecule has 3 aromatic rings. The normalized spacial score (nSPS) is 14.4. The molecule has 1 aromatic carbocycles. The Labute approximate surface area is 172 Å². The van der Waals surface area contributed by atoms with E-state index in [9.17, 15) is 9.59 Å². The third-order valence-electron chi connectivity index (χ3n) is 4.29. The first-order valence-corrected chi connectivity index (χ1v) is 10.3. The maximum atomic E-state index is 12.1. The van der Waals surface area contributed by atoms with Crippen LogP contribution in [0.3, 0.4) is 0 Å². The van der Waals surface area contributed by atoms with Crippen LogP contribution < -0.4 is 26.8 Å². The standard InChI is InChI=1S/C17H18BrN7O2S/c18-11-5-10(6-12(7-11)21-14(27)9-19)16-23-25-15(24-3-1-20-2-4-24)8-13(26)22-17(25)28-16/h5-8,20H,1-4,9,19H2,(H,21,27). The summed E-state index contributed by atoms with van der Waals surface area (Å²) in [6.45, 7) is 3.20. The minimum atomic E-state index is -0.283. The quantitative estimate of drug-likeness (QED) is 0.525. The van der Waals surface area contributed by atoms with Crippen molar-refractivity contribution in [2.24, 2.45) is 5.73 Å². The lowest BCUT2D eigenvalue weighted by Crippen LogP contribution is -2.44. The molecule has 4 rings (SSSR count). The van der Waals surface area contributed by atoms with Gasteiger partial charge in [-0.05, 0) is 18.2 Å². The molecule has 1 saturated heterocycles. The number of benzene rings is 1. The molecule has 1 fully saturated rings. The molecular weight excluding hydrogens is 446 g/mol. The van der Waals surface area contributed by atoms with Crippen molar-refractivity contribution in [3.05, 3.63) is 39.1 Å². The van der Waals surface area contributed by atoms with Gasteiger partial charge in [-0.1, -0.05) is 27.3 Å². The van der Waals surface area contributed by atoms with Gasteiger partial charge in [0.15, 0.2) is 0 Å². The number of nitrogens with two attached hydrogens (primary N) is 1. The summed E-state index contributed by atoms with van der Waals surface area (Å²) < 4.78 is 2.51. The van der Waals surface area contributed by atoms with Gasteiger partial charge in [0.05, 0.1) is 6.54 Å². The van der Waals surface area contributed by atoms with Gasteiger partial charge >= 0.3 is 0 Å². The van der Waals surface area contributed by atoms with Crippen molar-refractivity contribution in [1.82, 2.24) is 19.9 Å². The summed E-state index contributed by atoms with van der Waals surface area (Å²) in [5.74, 6) is 0.465. The fourth-order valence-electron chi connectivity index (χ4n) is 3.03. The van der Waals surface area contributed by atoms with E-state index in [-0.39, 0.29) is 18.0 Å². The highest BCUT2D eigenvalue weighted by Gasteiger charge is 2.18. The van der Waals surface area contributed by atoms with Crippen LogP contribution >= 0.6 is 27.3 Å². The predicted octanol–water partition coefficient (Wildman–Crippen LogP) is 0.887. The monoisotopic (exact) mass is 463 g/mol. The summed E-state index contributed by atoms with van der Waals surface area (Å²) in [5, 5.41) is 11.4. The lowest BCUT2D eigenvalue weighted by atomic mass is 10.2. The third-order valence-corrected chi connectivity index (χ3v) is 5.71. The average molecular weight is 464 g/mol. The average Bonchev–Trinajstić information content (AvgIpc) is 3.11.